The number of amides is 1. The van der Waals surface area contributed by atoms with Crippen LogP contribution in [-0.4, -0.2) is 25.1 Å². The van der Waals surface area contributed by atoms with Gasteiger partial charge in [-0.1, -0.05) is 36.1 Å². The molecule has 0 saturated carbocycles. The van der Waals surface area contributed by atoms with E-state index >= 15 is 0 Å². The zero-order chi connectivity index (χ0) is 16.5. The summed E-state index contributed by atoms with van der Waals surface area (Å²) in [6.07, 6.45) is 6.69. The summed E-state index contributed by atoms with van der Waals surface area (Å²) >= 11 is 6.62. The van der Waals surface area contributed by atoms with Crippen LogP contribution in [0.4, 0.5) is 0 Å². The third-order valence-corrected chi connectivity index (χ3v) is 4.96. The van der Waals surface area contributed by atoms with Gasteiger partial charge in [0.05, 0.1) is 28.7 Å². The quantitative estimate of drug-likeness (QED) is 0.529. The Morgan fingerprint density at radius 3 is 2.92 bits per heavy atom. The molecule has 1 aliphatic heterocycles. The molecule has 0 radical (unpaired) electrons. The zero-order valence-electron chi connectivity index (χ0n) is 12.4. The first-order chi connectivity index (χ1) is 11.7. The molecule has 1 fully saturated rings. The highest BCUT2D eigenvalue weighted by molar-refractivity contribution is 8.26. The van der Waals surface area contributed by atoms with Crippen molar-refractivity contribution < 1.29 is 9.21 Å². The van der Waals surface area contributed by atoms with E-state index in [1.807, 2.05) is 30.3 Å². The topological polar surface area (TPSA) is 59.2 Å². The Labute approximate surface area is 147 Å². The molecule has 5 nitrogen and oxygen atoms in total. The minimum atomic E-state index is -0.123. The van der Waals surface area contributed by atoms with Crippen LogP contribution in [0.25, 0.3) is 17.1 Å². The zero-order valence-corrected chi connectivity index (χ0v) is 14.0. The van der Waals surface area contributed by atoms with Crippen molar-refractivity contribution in [3.8, 4) is 0 Å². The van der Waals surface area contributed by atoms with E-state index in [2.05, 4.69) is 9.97 Å². The van der Waals surface area contributed by atoms with E-state index in [4.69, 9.17) is 16.6 Å². The van der Waals surface area contributed by atoms with Crippen molar-refractivity contribution in [1.29, 1.82) is 0 Å². The first-order valence-electron chi connectivity index (χ1n) is 7.20. The average molecular weight is 353 g/mol. The highest BCUT2D eigenvalue weighted by Crippen LogP contribution is 2.34. The summed E-state index contributed by atoms with van der Waals surface area (Å²) in [4.78, 5) is 23.4. The average Bonchev–Trinajstić information content (AvgIpc) is 3.20. The molecule has 7 heteroatoms. The third-order valence-electron chi connectivity index (χ3n) is 3.58. The highest BCUT2D eigenvalue weighted by atomic mass is 32.2. The summed E-state index contributed by atoms with van der Waals surface area (Å²) in [5, 5.41) is 0. The van der Waals surface area contributed by atoms with E-state index in [1.54, 1.807) is 29.6 Å². The molecule has 0 bridgehead atoms. The van der Waals surface area contributed by atoms with Crippen LogP contribution in [0.3, 0.4) is 0 Å². The van der Waals surface area contributed by atoms with Crippen LogP contribution in [-0.2, 0) is 11.3 Å². The monoisotopic (exact) mass is 353 g/mol. The number of thiocarbonyl (C=S) groups is 1. The number of aromatic nitrogens is 2. The van der Waals surface area contributed by atoms with Gasteiger partial charge in [0, 0.05) is 18.0 Å². The smallest absolute Gasteiger partial charge is 0.266 e. The second kappa shape index (κ2) is 6.18. The van der Waals surface area contributed by atoms with Crippen molar-refractivity contribution in [3.05, 3.63) is 65.2 Å². The number of carbonyl (C=O) groups is 1. The Morgan fingerprint density at radius 2 is 2.08 bits per heavy atom. The fourth-order valence-electron chi connectivity index (χ4n) is 2.47. The molecule has 0 N–H and O–H groups in total. The number of furan rings is 1. The lowest BCUT2D eigenvalue weighted by Crippen LogP contribution is -2.27. The lowest BCUT2D eigenvalue weighted by Gasteiger charge is -2.11. The summed E-state index contributed by atoms with van der Waals surface area (Å²) in [6.45, 7) is 0.338. The van der Waals surface area contributed by atoms with Gasteiger partial charge in [-0.3, -0.25) is 19.7 Å². The van der Waals surface area contributed by atoms with E-state index in [9.17, 15) is 4.79 Å². The maximum absolute atomic E-state index is 12.7. The molecule has 2 aromatic heterocycles. The molecule has 1 saturated heterocycles. The molecule has 1 aliphatic rings. The predicted molar refractivity (Wildman–Crippen MR) is 97.0 cm³/mol. The second-order valence-corrected chi connectivity index (χ2v) is 6.79. The summed E-state index contributed by atoms with van der Waals surface area (Å²) in [6, 6.07) is 9.31. The van der Waals surface area contributed by atoms with Crippen LogP contribution in [0.2, 0.25) is 0 Å². The number of hydrogen-bond acceptors (Lipinski definition) is 6. The molecule has 3 aromatic rings. The van der Waals surface area contributed by atoms with Gasteiger partial charge in [0.1, 0.15) is 10.1 Å². The molecule has 1 aromatic carbocycles. The first-order valence-corrected chi connectivity index (χ1v) is 8.42. The molecule has 3 heterocycles. The van der Waals surface area contributed by atoms with Crippen molar-refractivity contribution in [1.82, 2.24) is 14.9 Å². The van der Waals surface area contributed by atoms with Crippen LogP contribution >= 0.6 is 24.0 Å². The summed E-state index contributed by atoms with van der Waals surface area (Å²) in [5.41, 5.74) is 2.40. The summed E-state index contributed by atoms with van der Waals surface area (Å²) in [7, 11) is 0. The van der Waals surface area contributed by atoms with E-state index in [1.165, 1.54) is 11.8 Å². The van der Waals surface area contributed by atoms with Crippen LogP contribution in [0.5, 0.6) is 0 Å². The van der Waals surface area contributed by atoms with Gasteiger partial charge in [0.25, 0.3) is 5.91 Å². The number of thioether (sulfide) groups is 1. The van der Waals surface area contributed by atoms with Gasteiger partial charge in [0.15, 0.2) is 0 Å². The lowest BCUT2D eigenvalue weighted by molar-refractivity contribution is -0.122. The fraction of sp³-hybridized carbons (Fsp3) is 0.0588. The van der Waals surface area contributed by atoms with Crippen molar-refractivity contribution in [2.45, 2.75) is 6.54 Å². The number of hydrogen-bond donors (Lipinski definition) is 0. The predicted octanol–water partition coefficient (Wildman–Crippen LogP) is 3.62. The Bertz CT molecular complexity index is 962. The van der Waals surface area contributed by atoms with Crippen molar-refractivity contribution in [3.63, 3.8) is 0 Å². The molecule has 0 spiro atoms. The number of carbonyl (C=O) groups excluding carboxylic acids is 1. The van der Waals surface area contributed by atoms with E-state index in [0.29, 0.717) is 21.5 Å². The number of benzene rings is 1. The standard InChI is InChI=1S/C17H11N3O2S2/c21-16-14(24-17(23)20(16)10-12-4-2-8-22-12)9-11-3-1-5-13-15(11)19-7-6-18-13/h1-9H,10H2. The number of fused-ring (bicyclic) bond motifs is 1. The van der Waals surface area contributed by atoms with Gasteiger partial charge in [-0.15, -0.1) is 0 Å². The minimum Gasteiger partial charge on any atom is -0.467 e. The van der Waals surface area contributed by atoms with Crippen LogP contribution in [0, 0.1) is 0 Å². The summed E-state index contributed by atoms with van der Waals surface area (Å²) < 4.78 is 5.82. The molecule has 0 aliphatic carbocycles. The van der Waals surface area contributed by atoms with Gasteiger partial charge in [-0.2, -0.15) is 0 Å². The first kappa shape index (κ1) is 15.0. The second-order valence-electron chi connectivity index (χ2n) is 5.12. The Balaban J connectivity index is 1.68. The van der Waals surface area contributed by atoms with Crippen LogP contribution in [0.1, 0.15) is 11.3 Å². The lowest BCUT2D eigenvalue weighted by atomic mass is 10.1. The SMILES string of the molecule is O=C1C(=Cc2cccc3nccnc23)SC(=S)N1Cc1ccco1. The number of rotatable bonds is 3. The van der Waals surface area contributed by atoms with E-state index in [-0.39, 0.29) is 5.91 Å². The molecular formula is C17H11N3O2S2. The Kier molecular flexibility index (Phi) is 3.87. The van der Waals surface area contributed by atoms with Gasteiger partial charge in [-0.05, 0) is 24.3 Å². The summed E-state index contributed by atoms with van der Waals surface area (Å²) in [5.74, 6) is 0.575. The fourth-order valence-corrected chi connectivity index (χ4v) is 3.71. The van der Waals surface area contributed by atoms with Gasteiger partial charge >= 0.3 is 0 Å². The van der Waals surface area contributed by atoms with Crippen molar-refractivity contribution in [2.24, 2.45) is 0 Å². The molecule has 0 unspecified atom stereocenters. The van der Waals surface area contributed by atoms with E-state index in [0.717, 1.165) is 16.6 Å². The van der Waals surface area contributed by atoms with Crippen LogP contribution < -0.4 is 0 Å². The molecule has 0 atom stereocenters. The maximum Gasteiger partial charge on any atom is 0.266 e. The molecule has 4 rings (SSSR count). The Morgan fingerprint density at radius 1 is 1.21 bits per heavy atom. The molecule has 118 valence electrons. The normalized spacial score (nSPS) is 16.5. The van der Waals surface area contributed by atoms with Gasteiger partial charge in [0.2, 0.25) is 0 Å². The molecule has 1 amide bonds. The minimum absolute atomic E-state index is 0.123. The Hall–Kier alpha value is -2.51. The molecule has 24 heavy (non-hydrogen) atoms. The van der Waals surface area contributed by atoms with Crippen molar-refractivity contribution in [2.75, 3.05) is 0 Å². The highest BCUT2D eigenvalue weighted by Gasteiger charge is 2.32. The van der Waals surface area contributed by atoms with Crippen LogP contribution in [0.15, 0.2) is 58.3 Å². The van der Waals surface area contributed by atoms with E-state index < -0.39 is 0 Å². The van der Waals surface area contributed by atoms with Gasteiger partial charge in [-0.25, -0.2) is 0 Å². The van der Waals surface area contributed by atoms with Crippen molar-refractivity contribution >= 4 is 51.3 Å². The molecular weight excluding hydrogens is 342 g/mol. The number of para-hydroxylation sites is 1. The maximum atomic E-state index is 12.7. The third kappa shape index (κ3) is 2.72. The number of nitrogens with zero attached hydrogens (tertiary/aromatic N) is 3. The largest absolute Gasteiger partial charge is 0.467 e. The van der Waals surface area contributed by atoms with Gasteiger partial charge < -0.3 is 4.42 Å².